The molecule has 0 saturated heterocycles. The van der Waals surface area contributed by atoms with Gasteiger partial charge in [0.15, 0.2) is 0 Å². The number of nitrogens with zero attached hydrogens (tertiary/aromatic N) is 2. The zero-order chi connectivity index (χ0) is 16.4. The molecule has 122 valence electrons. The van der Waals surface area contributed by atoms with Gasteiger partial charge in [0.25, 0.3) is 0 Å². The maximum Gasteiger partial charge on any atom is 0.225 e. The topological polar surface area (TPSA) is 65.5 Å². The Kier molecular flexibility index (Phi) is 4.48. The third kappa shape index (κ3) is 3.29. The van der Waals surface area contributed by atoms with E-state index in [9.17, 15) is 9.90 Å². The van der Waals surface area contributed by atoms with Gasteiger partial charge in [-0.05, 0) is 37.0 Å². The standard InChI is InChI=1S/C18H23N3O2/c1-21(2)17-10-12(13-6-3-4-8-15(13)20-17)11-19-18(23)14-7-5-9-16(14)22/h3-4,6,8,10,14,16,22H,5,7,9,11H2,1-2H3,(H,19,23). The first-order valence-corrected chi connectivity index (χ1v) is 8.08. The van der Waals surface area contributed by atoms with E-state index in [1.54, 1.807) is 0 Å². The van der Waals surface area contributed by atoms with Gasteiger partial charge in [0.2, 0.25) is 5.91 Å². The van der Waals surface area contributed by atoms with Gasteiger partial charge in [-0.2, -0.15) is 0 Å². The van der Waals surface area contributed by atoms with Crippen molar-refractivity contribution in [1.29, 1.82) is 0 Å². The molecular weight excluding hydrogens is 290 g/mol. The van der Waals surface area contributed by atoms with Gasteiger partial charge in [-0.1, -0.05) is 18.2 Å². The van der Waals surface area contributed by atoms with Crippen molar-refractivity contribution in [2.75, 3.05) is 19.0 Å². The van der Waals surface area contributed by atoms with Crippen molar-refractivity contribution in [3.8, 4) is 0 Å². The Morgan fingerprint density at radius 2 is 2.13 bits per heavy atom. The van der Waals surface area contributed by atoms with E-state index in [-0.39, 0.29) is 11.8 Å². The van der Waals surface area contributed by atoms with Gasteiger partial charge in [0, 0.05) is 26.0 Å². The van der Waals surface area contributed by atoms with Gasteiger partial charge < -0.3 is 15.3 Å². The summed E-state index contributed by atoms with van der Waals surface area (Å²) in [7, 11) is 3.91. The lowest BCUT2D eigenvalue weighted by molar-refractivity contribution is -0.127. The van der Waals surface area contributed by atoms with Crippen molar-refractivity contribution in [2.45, 2.75) is 31.9 Å². The molecule has 0 bridgehead atoms. The fourth-order valence-electron chi connectivity index (χ4n) is 3.17. The quantitative estimate of drug-likeness (QED) is 0.907. The highest BCUT2D eigenvalue weighted by molar-refractivity contribution is 5.85. The van der Waals surface area contributed by atoms with Crippen LogP contribution in [0.25, 0.3) is 10.9 Å². The molecule has 2 aromatic rings. The average molecular weight is 313 g/mol. The first-order valence-electron chi connectivity index (χ1n) is 8.08. The second kappa shape index (κ2) is 6.54. The predicted molar refractivity (Wildman–Crippen MR) is 91.3 cm³/mol. The summed E-state index contributed by atoms with van der Waals surface area (Å²) in [5.41, 5.74) is 1.96. The predicted octanol–water partition coefficient (Wildman–Crippen LogP) is 2.08. The molecule has 5 nitrogen and oxygen atoms in total. The molecule has 1 aromatic carbocycles. The summed E-state index contributed by atoms with van der Waals surface area (Å²) in [6.45, 7) is 0.450. The van der Waals surface area contributed by atoms with Crippen LogP contribution >= 0.6 is 0 Å². The van der Waals surface area contributed by atoms with Gasteiger partial charge in [-0.15, -0.1) is 0 Å². The number of carbonyl (C=O) groups excluding carboxylic acids is 1. The van der Waals surface area contributed by atoms with E-state index in [1.807, 2.05) is 49.3 Å². The molecule has 1 saturated carbocycles. The van der Waals surface area contributed by atoms with Crippen LogP contribution < -0.4 is 10.2 Å². The number of fused-ring (bicyclic) bond motifs is 1. The Balaban J connectivity index is 1.82. The largest absolute Gasteiger partial charge is 0.392 e. The summed E-state index contributed by atoms with van der Waals surface area (Å²) in [5, 5.41) is 13.9. The molecular formula is C18H23N3O2. The Morgan fingerprint density at radius 3 is 2.83 bits per heavy atom. The van der Waals surface area contributed by atoms with Crippen molar-refractivity contribution in [3.05, 3.63) is 35.9 Å². The number of para-hydroxylation sites is 1. The Bertz CT molecular complexity index is 714. The van der Waals surface area contributed by atoms with E-state index in [4.69, 9.17) is 0 Å². The molecule has 1 fully saturated rings. The van der Waals surface area contributed by atoms with E-state index >= 15 is 0 Å². The molecule has 2 unspecified atom stereocenters. The lowest BCUT2D eigenvalue weighted by Crippen LogP contribution is -2.34. The highest BCUT2D eigenvalue weighted by Crippen LogP contribution is 2.26. The maximum atomic E-state index is 12.3. The molecule has 1 aromatic heterocycles. The van der Waals surface area contributed by atoms with Crippen molar-refractivity contribution in [1.82, 2.24) is 10.3 Å². The lowest BCUT2D eigenvalue weighted by Gasteiger charge is -2.17. The van der Waals surface area contributed by atoms with Crippen molar-refractivity contribution < 1.29 is 9.90 Å². The molecule has 1 aliphatic carbocycles. The number of rotatable bonds is 4. The molecule has 0 radical (unpaired) electrons. The van der Waals surface area contributed by atoms with Crippen LogP contribution in [0.5, 0.6) is 0 Å². The second-order valence-electron chi connectivity index (χ2n) is 6.37. The number of hydrogen-bond donors (Lipinski definition) is 2. The van der Waals surface area contributed by atoms with Crippen LogP contribution in [0, 0.1) is 5.92 Å². The van der Waals surface area contributed by atoms with E-state index < -0.39 is 6.10 Å². The third-order valence-corrected chi connectivity index (χ3v) is 4.52. The first-order chi connectivity index (χ1) is 11.1. The lowest BCUT2D eigenvalue weighted by atomic mass is 10.0. The number of aliphatic hydroxyl groups is 1. The summed E-state index contributed by atoms with van der Waals surface area (Å²) in [6.07, 6.45) is 1.91. The molecule has 1 heterocycles. The van der Waals surface area contributed by atoms with Gasteiger partial charge in [-0.25, -0.2) is 4.98 Å². The zero-order valence-corrected chi connectivity index (χ0v) is 13.6. The molecule has 1 aliphatic rings. The van der Waals surface area contributed by atoms with E-state index in [2.05, 4.69) is 10.3 Å². The monoisotopic (exact) mass is 313 g/mol. The van der Waals surface area contributed by atoms with Gasteiger partial charge >= 0.3 is 0 Å². The molecule has 1 amide bonds. The van der Waals surface area contributed by atoms with Crippen LogP contribution in [0.4, 0.5) is 5.82 Å². The van der Waals surface area contributed by atoms with Crippen LogP contribution in [-0.2, 0) is 11.3 Å². The number of carbonyl (C=O) groups is 1. The van der Waals surface area contributed by atoms with E-state index in [0.29, 0.717) is 6.54 Å². The number of aliphatic hydroxyl groups excluding tert-OH is 1. The third-order valence-electron chi connectivity index (χ3n) is 4.52. The van der Waals surface area contributed by atoms with Crippen LogP contribution in [0.2, 0.25) is 0 Å². The van der Waals surface area contributed by atoms with Crippen molar-refractivity contribution in [2.24, 2.45) is 5.92 Å². The van der Waals surface area contributed by atoms with E-state index in [0.717, 1.165) is 41.5 Å². The van der Waals surface area contributed by atoms with Crippen molar-refractivity contribution in [3.63, 3.8) is 0 Å². The summed E-state index contributed by atoms with van der Waals surface area (Å²) in [6, 6.07) is 9.95. The summed E-state index contributed by atoms with van der Waals surface area (Å²) < 4.78 is 0. The number of aromatic nitrogens is 1. The average Bonchev–Trinajstić information content (AvgIpc) is 2.98. The smallest absolute Gasteiger partial charge is 0.225 e. The molecule has 23 heavy (non-hydrogen) atoms. The minimum atomic E-state index is -0.499. The Labute approximate surface area is 136 Å². The first kappa shape index (κ1) is 15.7. The number of anilines is 1. The molecule has 5 heteroatoms. The molecule has 3 rings (SSSR count). The molecule has 0 aliphatic heterocycles. The van der Waals surface area contributed by atoms with Crippen LogP contribution in [0.3, 0.4) is 0 Å². The zero-order valence-electron chi connectivity index (χ0n) is 13.6. The number of nitrogens with one attached hydrogen (secondary N) is 1. The summed E-state index contributed by atoms with van der Waals surface area (Å²) in [4.78, 5) is 18.9. The number of pyridine rings is 1. The van der Waals surface area contributed by atoms with Gasteiger partial charge in [0.1, 0.15) is 5.82 Å². The fourth-order valence-corrected chi connectivity index (χ4v) is 3.17. The normalized spacial score (nSPS) is 20.7. The molecule has 0 spiro atoms. The fraction of sp³-hybridized carbons (Fsp3) is 0.444. The molecule has 2 N–H and O–H groups in total. The minimum absolute atomic E-state index is 0.0534. The minimum Gasteiger partial charge on any atom is -0.392 e. The van der Waals surface area contributed by atoms with E-state index in [1.165, 1.54) is 0 Å². The summed E-state index contributed by atoms with van der Waals surface area (Å²) >= 11 is 0. The maximum absolute atomic E-state index is 12.3. The summed E-state index contributed by atoms with van der Waals surface area (Å²) in [5.74, 6) is 0.549. The number of benzene rings is 1. The Hall–Kier alpha value is -2.14. The SMILES string of the molecule is CN(C)c1cc(CNC(=O)C2CCCC2O)c2ccccc2n1. The van der Waals surface area contributed by atoms with Crippen LogP contribution in [0.1, 0.15) is 24.8 Å². The highest BCUT2D eigenvalue weighted by Gasteiger charge is 2.31. The molecule has 2 atom stereocenters. The van der Waals surface area contributed by atoms with Crippen molar-refractivity contribution >= 4 is 22.6 Å². The van der Waals surface area contributed by atoms with Gasteiger partial charge in [-0.3, -0.25) is 4.79 Å². The second-order valence-corrected chi connectivity index (χ2v) is 6.37. The highest BCUT2D eigenvalue weighted by atomic mass is 16.3. The van der Waals surface area contributed by atoms with Crippen LogP contribution in [-0.4, -0.2) is 36.2 Å². The van der Waals surface area contributed by atoms with Gasteiger partial charge in [0.05, 0.1) is 17.5 Å². The number of amides is 1. The van der Waals surface area contributed by atoms with Crippen LogP contribution in [0.15, 0.2) is 30.3 Å². The number of hydrogen-bond acceptors (Lipinski definition) is 4. The Morgan fingerprint density at radius 1 is 1.35 bits per heavy atom.